The van der Waals surface area contributed by atoms with Gasteiger partial charge in [0.05, 0.1) is 0 Å². The molecule has 1 atom stereocenters. The summed E-state index contributed by atoms with van der Waals surface area (Å²) in [4.78, 5) is 2.34. The lowest BCUT2D eigenvalue weighted by atomic mass is 10.1. The lowest BCUT2D eigenvalue weighted by Gasteiger charge is -2.24. The van der Waals surface area contributed by atoms with Crippen molar-refractivity contribution in [2.75, 3.05) is 18.5 Å². The number of benzene rings is 1. The van der Waals surface area contributed by atoms with E-state index in [0.29, 0.717) is 0 Å². The van der Waals surface area contributed by atoms with Gasteiger partial charge in [0, 0.05) is 29.8 Å². The molecule has 0 heterocycles. The second-order valence-corrected chi connectivity index (χ2v) is 5.73. The highest BCUT2D eigenvalue weighted by molar-refractivity contribution is 9.10. The van der Waals surface area contributed by atoms with Crippen molar-refractivity contribution >= 4 is 21.6 Å². The lowest BCUT2D eigenvalue weighted by molar-refractivity contribution is 0.762. The molecule has 1 unspecified atom stereocenters. The number of halogens is 1. The van der Waals surface area contributed by atoms with Crippen molar-refractivity contribution in [3.63, 3.8) is 0 Å². The van der Waals surface area contributed by atoms with Crippen LogP contribution in [0.15, 0.2) is 22.7 Å². The number of nitrogens with two attached hydrogens (primary N) is 1. The first kappa shape index (κ1) is 11.9. The van der Waals surface area contributed by atoms with E-state index in [-0.39, 0.29) is 6.04 Å². The van der Waals surface area contributed by atoms with Gasteiger partial charge in [0.1, 0.15) is 0 Å². The molecule has 1 aliphatic carbocycles. The Bertz CT molecular complexity index is 372. The summed E-state index contributed by atoms with van der Waals surface area (Å²) in [5.41, 5.74) is 8.51. The molecule has 2 N–H and O–H groups in total. The summed E-state index contributed by atoms with van der Waals surface area (Å²) < 4.78 is 1.10. The van der Waals surface area contributed by atoms with Gasteiger partial charge in [-0.25, -0.2) is 0 Å². The van der Waals surface area contributed by atoms with Gasteiger partial charge in [0.25, 0.3) is 0 Å². The highest BCUT2D eigenvalue weighted by Gasteiger charge is 2.24. The van der Waals surface area contributed by atoms with E-state index in [1.54, 1.807) is 0 Å². The van der Waals surface area contributed by atoms with Gasteiger partial charge in [0.2, 0.25) is 0 Å². The molecular formula is C13H19BrN2. The van der Waals surface area contributed by atoms with Crippen molar-refractivity contribution in [3.05, 3.63) is 28.2 Å². The molecule has 1 aromatic rings. The van der Waals surface area contributed by atoms with Crippen LogP contribution in [0.1, 0.15) is 31.4 Å². The number of hydrogen-bond donors (Lipinski definition) is 1. The molecule has 1 aliphatic rings. The van der Waals surface area contributed by atoms with Gasteiger partial charge in [0.15, 0.2) is 0 Å². The Morgan fingerprint density at radius 2 is 2.19 bits per heavy atom. The summed E-state index contributed by atoms with van der Waals surface area (Å²) in [5, 5.41) is 0. The fraction of sp³-hybridized carbons (Fsp3) is 0.538. The minimum atomic E-state index is 0.0779. The van der Waals surface area contributed by atoms with E-state index in [1.165, 1.54) is 24.1 Å². The Morgan fingerprint density at radius 1 is 1.50 bits per heavy atom. The van der Waals surface area contributed by atoms with Crippen LogP contribution in [-0.2, 0) is 0 Å². The molecule has 2 nitrogen and oxygen atoms in total. The molecule has 16 heavy (non-hydrogen) atoms. The molecule has 3 heteroatoms. The Hall–Kier alpha value is -0.540. The first-order chi connectivity index (χ1) is 7.58. The maximum absolute atomic E-state index is 6.02. The maximum atomic E-state index is 6.02. The molecule has 1 fully saturated rings. The van der Waals surface area contributed by atoms with Crippen molar-refractivity contribution in [3.8, 4) is 0 Å². The normalized spacial score (nSPS) is 17.2. The molecular weight excluding hydrogens is 264 g/mol. The highest BCUT2D eigenvalue weighted by atomic mass is 79.9. The SMILES string of the molecule is CC(N)c1cc(Br)ccc1N(C)CC1CC1. The standard InChI is InChI=1S/C13H19BrN2/c1-9(15)12-7-11(14)5-6-13(12)16(2)8-10-3-4-10/h5-7,9-10H,3-4,8,15H2,1-2H3. The summed E-state index contributed by atoms with van der Waals surface area (Å²) in [6.45, 7) is 3.19. The van der Waals surface area contributed by atoms with E-state index in [9.17, 15) is 0 Å². The topological polar surface area (TPSA) is 29.3 Å². The quantitative estimate of drug-likeness (QED) is 0.918. The van der Waals surface area contributed by atoms with Crippen molar-refractivity contribution in [2.45, 2.75) is 25.8 Å². The molecule has 0 aliphatic heterocycles. The summed E-state index contributed by atoms with van der Waals surface area (Å²) in [7, 11) is 2.16. The summed E-state index contributed by atoms with van der Waals surface area (Å²) in [5.74, 6) is 0.898. The van der Waals surface area contributed by atoms with Crippen LogP contribution in [0.2, 0.25) is 0 Å². The van der Waals surface area contributed by atoms with Crippen LogP contribution in [0.25, 0.3) is 0 Å². The van der Waals surface area contributed by atoms with E-state index in [1.807, 2.05) is 6.92 Å². The second-order valence-electron chi connectivity index (χ2n) is 4.82. The molecule has 0 radical (unpaired) electrons. The molecule has 2 rings (SSSR count). The number of nitrogens with zero attached hydrogens (tertiary/aromatic N) is 1. The Kier molecular flexibility index (Phi) is 3.55. The third-order valence-electron chi connectivity index (χ3n) is 3.12. The molecule has 0 aromatic heterocycles. The third kappa shape index (κ3) is 2.77. The van der Waals surface area contributed by atoms with E-state index >= 15 is 0 Å². The smallest absolute Gasteiger partial charge is 0.0412 e. The summed E-state index contributed by atoms with van der Waals surface area (Å²) >= 11 is 3.50. The van der Waals surface area contributed by atoms with Gasteiger partial charge < -0.3 is 10.6 Å². The van der Waals surface area contributed by atoms with Gasteiger partial charge in [-0.05, 0) is 49.4 Å². The monoisotopic (exact) mass is 282 g/mol. The van der Waals surface area contributed by atoms with Crippen molar-refractivity contribution in [2.24, 2.45) is 11.7 Å². The van der Waals surface area contributed by atoms with Gasteiger partial charge in [-0.15, -0.1) is 0 Å². The average Bonchev–Trinajstić information content (AvgIpc) is 3.01. The average molecular weight is 283 g/mol. The minimum absolute atomic E-state index is 0.0779. The number of hydrogen-bond acceptors (Lipinski definition) is 2. The fourth-order valence-electron chi connectivity index (χ4n) is 2.02. The fourth-order valence-corrected chi connectivity index (χ4v) is 2.40. The molecule has 0 spiro atoms. The van der Waals surface area contributed by atoms with E-state index in [0.717, 1.165) is 16.9 Å². The maximum Gasteiger partial charge on any atom is 0.0412 e. The molecule has 0 amide bonds. The third-order valence-corrected chi connectivity index (χ3v) is 3.61. The van der Waals surface area contributed by atoms with Crippen LogP contribution in [0.3, 0.4) is 0 Å². The van der Waals surface area contributed by atoms with Crippen LogP contribution in [0.4, 0.5) is 5.69 Å². The van der Waals surface area contributed by atoms with E-state index < -0.39 is 0 Å². The zero-order valence-corrected chi connectivity index (χ0v) is 11.5. The first-order valence-electron chi connectivity index (χ1n) is 5.84. The van der Waals surface area contributed by atoms with E-state index in [4.69, 9.17) is 5.73 Å². The molecule has 0 saturated heterocycles. The van der Waals surface area contributed by atoms with Crippen LogP contribution < -0.4 is 10.6 Å². The van der Waals surface area contributed by atoms with Gasteiger partial charge in [-0.2, -0.15) is 0 Å². The van der Waals surface area contributed by atoms with Gasteiger partial charge >= 0.3 is 0 Å². The zero-order chi connectivity index (χ0) is 11.7. The minimum Gasteiger partial charge on any atom is -0.374 e. The van der Waals surface area contributed by atoms with Crippen molar-refractivity contribution < 1.29 is 0 Å². The Labute approximate surface area is 106 Å². The number of anilines is 1. The van der Waals surface area contributed by atoms with Crippen molar-refractivity contribution in [1.29, 1.82) is 0 Å². The zero-order valence-electron chi connectivity index (χ0n) is 9.91. The van der Waals surface area contributed by atoms with Gasteiger partial charge in [-0.3, -0.25) is 0 Å². The highest BCUT2D eigenvalue weighted by Crippen LogP contribution is 2.33. The predicted octanol–water partition coefficient (Wildman–Crippen LogP) is 3.32. The van der Waals surface area contributed by atoms with Crippen molar-refractivity contribution in [1.82, 2.24) is 0 Å². The van der Waals surface area contributed by atoms with Crippen LogP contribution in [0.5, 0.6) is 0 Å². The molecule has 1 saturated carbocycles. The lowest BCUT2D eigenvalue weighted by Crippen LogP contribution is -2.22. The summed E-state index contributed by atoms with van der Waals surface area (Å²) in [6, 6.07) is 6.45. The Morgan fingerprint density at radius 3 is 2.75 bits per heavy atom. The summed E-state index contributed by atoms with van der Waals surface area (Å²) in [6.07, 6.45) is 2.77. The van der Waals surface area contributed by atoms with Crippen LogP contribution >= 0.6 is 15.9 Å². The van der Waals surface area contributed by atoms with Crippen LogP contribution in [0, 0.1) is 5.92 Å². The molecule has 0 bridgehead atoms. The largest absolute Gasteiger partial charge is 0.374 e. The first-order valence-corrected chi connectivity index (χ1v) is 6.63. The number of rotatable bonds is 4. The van der Waals surface area contributed by atoms with Crippen LogP contribution in [-0.4, -0.2) is 13.6 Å². The molecule has 1 aromatic carbocycles. The Balaban J connectivity index is 2.23. The second kappa shape index (κ2) is 4.76. The van der Waals surface area contributed by atoms with Gasteiger partial charge in [-0.1, -0.05) is 15.9 Å². The predicted molar refractivity (Wildman–Crippen MR) is 72.7 cm³/mol. The molecule has 88 valence electrons. The van der Waals surface area contributed by atoms with E-state index in [2.05, 4.69) is 46.1 Å².